The summed E-state index contributed by atoms with van der Waals surface area (Å²) in [5.74, 6) is 0.916. The van der Waals surface area contributed by atoms with Crippen molar-refractivity contribution in [2.45, 2.75) is 46.0 Å². The van der Waals surface area contributed by atoms with Crippen LogP contribution < -0.4 is 9.47 Å². The number of ether oxygens (including phenoxy) is 2. The molecule has 0 amide bonds. The minimum atomic E-state index is -1.78. The first-order valence-electron chi connectivity index (χ1n) is 8.79. The van der Waals surface area contributed by atoms with Gasteiger partial charge >= 0.3 is 0 Å². The van der Waals surface area contributed by atoms with Crippen molar-refractivity contribution in [2.24, 2.45) is 5.16 Å². The standard InChI is InChI=1S/C19H25BrClF2NO3/c1-14(2)24-27-10-7-5-3-4-6-9-26-19-16(20)12-15(13-17(19)21)25-11-8-18(22)23/h8,12-13H,3-7,9-11H2,1-2H3. The zero-order valence-corrected chi connectivity index (χ0v) is 17.9. The molecule has 0 atom stereocenters. The zero-order chi connectivity index (χ0) is 20.1. The van der Waals surface area contributed by atoms with Gasteiger partial charge in [0, 0.05) is 12.1 Å². The number of oxime groups is 1. The molecule has 0 N–H and O–H groups in total. The quantitative estimate of drug-likeness (QED) is 0.178. The predicted octanol–water partition coefficient (Wildman–Crippen LogP) is 7.00. The Balaban J connectivity index is 2.24. The summed E-state index contributed by atoms with van der Waals surface area (Å²) in [5, 5.41) is 4.26. The SMILES string of the molecule is CC(C)=NOCCCCCCCOc1c(Cl)cc(OCC=C(F)F)cc1Br. The van der Waals surface area contributed by atoms with Crippen molar-refractivity contribution >= 4 is 33.2 Å². The van der Waals surface area contributed by atoms with E-state index in [2.05, 4.69) is 21.1 Å². The number of hydrogen-bond acceptors (Lipinski definition) is 4. The van der Waals surface area contributed by atoms with Gasteiger partial charge in [-0.05, 0) is 55.1 Å². The Morgan fingerprint density at radius 1 is 1.07 bits per heavy atom. The maximum absolute atomic E-state index is 12.0. The van der Waals surface area contributed by atoms with E-state index in [0.29, 0.717) is 40.3 Å². The van der Waals surface area contributed by atoms with Crippen LogP contribution in [0.1, 0.15) is 46.0 Å². The summed E-state index contributed by atoms with van der Waals surface area (Å²) in [5.41, 5.74) is 0.919. The van der Waals surface area contributed by atoms with Gasteiger partial charge in [-0.2, -0.15) is 8.78 Å². The molecule has 8 heteroatoms. The molecule has 0 saturated heterocycles. The molecule has 0 bridgehead atoms. The second-order valence-electron chi connectivity index (χ2n) is 6.01. The summed E-state index contributed by atoms with van der Waals surface area (Å²) < 4.78 is 35.6. The Morgan fingerprint density at radius 3 is 2.37 bits per heavy atom. The second-order valence-corrected chi connectivity index (χ2v) is 7.27. The molecule has 0 saturated carbocycles. The second kappa shape index (κ2) is 13.8. The van der Waals surface area contributed by atoms with Crippen molar-refractivity contribution in [1.82, 2.24) is 0 Å². The Hall–Kier alpha value is -1.34. The van der Waals surface area contributed by atoms with E-state index in [9.17, 15) is 8.78 Å². The van der Waals surface area contributed by atoms with Gasteiger partial charge in [0.05, 0.1) is 21.8 Å². The Labute approximate surface area is 172 Å². The molecule has 0 aromatic heterocycles. The van der Waals surface area contributed by atoms with Crippen LogP contribution in [0.4, 0.5) is 8.78 Å². The van der Waals surface area contributed by atoms with Crippen LogP contribution in [0.2, 0.25) is 5.02 Å². The highest BCUT2D eigenvalue weighted by Crippen LogP contribution is 2.37. The molecular weight excluding hydrogens is 444 g/mol. The van der Waals surface area contributed by atoms with E-state index in [4.69, 9.17) is 25.9 Å². The van der Waals surface area contributed by atoms with Gasteiger partial charge in [-0.25, -0.2) is 0 Å². The normalized spacial score (nSPS) is 10.3. The Kier molecular flexibility index (Phi) is 12.1. The number of benzene rings is 1. The average Bonchev–Trinajstić information content (AvgIpc) is 2.58. The molecule has 0 aliphatic carbocycles. The summed E-state index contributed by atoms with van der Waals surface area (Å²) in [6, 6.07) is 3.19. The van der Waals surface area contributed by atoms with Crippen LogP contribution in [0.15, 0.2) is 33.9 Å². The Bertz CT molecular complexity index is 610. The van der Waals surface area contributed by atoms with Crippen LogP contribution in [0.25, 0.3) is 0 Å². The third kappa shape index (κ3) is 11.2. The smallest absolute Gasteiger partial charge is 0.269 e. The lowest BCUT2D eigenvalue weighted by Gasteiger charge is -2.12. The van der Waals surface area contributed by atoms with Crippen molar-refractivity contribution in [3.8, 4) is 11.5 Å². The van der Waals surface area contributed by atoms with Crippen LogP contribution in [0, 0.1) is 0 Å². The topological polar surface area (TPSA) is 40.0 Å². The van der Waals surface area contributed by atoms with Crippen LogP contribution >= 0.6 is 27.5 Å². The molecule has 0 heterocycles. The minimum Gasteiger partial charge on any atom is -0.491 e. The van der Waals surface area contributed by atoms with E-state index in [1.807, 2.05) is 13.8 Å². The van der Waals surface area contributed by atoms with E-state index in [1.54, 1.807) is 12.1 Å². The van der Waals surface area contributed by atoms with Gasteiger partial charge in [0.25, 0.3) is 6.08 Å². The molecule has 0 fully saturated rings. The Morgan fingerprint density at radius 2 is 1.74 bits per heavy atom. The molecular formula is C19H25BrClF2NO3. The summed E-state index contributed by atoms with van der Waals surface area (Å²) >= 11 is 9.56. The van der Waals surface area contributed by atoms with Gasteiger partial charge in [0.15, 0.2) is 5.75 Å². The molecule has 4 nitrogen and oxygen atoms in total. The molecule has 27 heavy (non-hydrogen) atoms. The van der Waals surface area contributed by atoms with Crippen molar-refractivity contribution in [2.75, 3.05) is 19.8 Å². The van der Waals surface area contributed by atoms with Gasteiger partial charge in [-0.1, -0.05) is 29.6 Å². The van der Waals surface area contributed by atoms with E-state index in [-0.39, 0.29) is 6.61 Å². The zero-order valence-electron chi connectivity index (χ0n) is 15.6. The first-order chi connectivity index (χ1) is 12.9. The fourth-order valence-corrected chi connectivity index (χ4v) is 3.04. The van der Waals surface area contributed by atoms with Crippen LogP contribution in [-0.4, -0.2) is 25.5 Å². The molecule has 0 spiro atoms. The third-order valence-electron chi connectivity index (χ3n) is 3.33. The molecule has 0 aliphatic rings. The van der Waals surface area contributed by atoms with Crippen molar-refractivity contribution < 1.29 is 23.1 Å². The average molecular weight is 469 g/mol. The van der Waals surface area contributed by atoms with Crippen molar-refractivity contribution in [3.05, 3.63) is 33.8 Å². The summed E-state index contributed by atoms with van der Waals surface area (Å²) in [7, 11) is 0. The fourth-order valence-electron chi connectivity index (χ4n) is 2.11. The third-order valence-corrected chi connectivity index (χ3v) is 4.20. The summed E-state index contributed by atoms with van der Waals surface area (Å²) in [6.45, 7) is 4.77. The van der Waals surface area contributed by atoms with Gasteiger partial charge in [-0.15, -0.1) is 0 Å². The van der Waals surface area contributed by atoms with E-state index in [0.717, 1.165) is 37.8 Å². The van der Waals surface area contributed by atoms with Crippen molar-refractivity contribution in [1.29, 1.82) is 0 Å². The minimum absolute atomic E-state index is 0.221. The van der Waals surface area contributed by atoms with E-state index >= 15 is 0 Å². The van der Waals surface area contributed by atoms with E-state index in [1.165, 1.54) is 0 Å². The number of rotatable bonds is 13. The summed E-state index contributed by atoms with van der Waals surface area (Å²) in [4.78, 5) is 5.15. The highest BCUT2D eigenvalue weighted by Gasteiger charge is 2.10. The predicted molar refractivity (Wildman–Crippen MR) is 108 cm³/mol. The van der Waals surface area contributed by atoms with Crippen molar-refractivity contribution in [3.63, 3.8) is 0 Å². The lowest BCUT2D eigenvalue weighted by molar-refractivity contribution is 0.139. The number of unbranched alkanes of at least 4 members (excludes halogenated alkanes) is 4. The molecule has 1 rings (SSSR count). The number of halogens is 4. The lowest BCUT2D eigenvalue weighted by atomic mass is 10.1. The maximum atomic E-state index is 12.0. The van der Waals surface area contributed by atoms with Crippen LogP contribution in [0.3, 0.4) is 0 Å². The molecule has 0 aliphatic heterocycles. The first kappa shape index (κ1) is 23.7. The summed E-state index contributed by atoms with van der Waals surface area (Å²) in [6.07, 6.45) is 4.04. The number of nitrogens with zero attached hydrogens (tertiary/aromatic N) is 1. The molecule has 152 valence electrons. The van der Waals surface area contributed by atoms with Gasteiger partial charge in [0.2, 0.25) is 0 Å². The van der Waals surface area contributed by atoms with Gasteiger partial charge in [-0.3, -0.25) is 0 Å². The maximum Gasteiger partial charge on any atom is 0.269 e. The lowest BCUT2D eigenvalue weighted by Crippen LogP contribution is -2.00. The molecule has 0 radical (unpaired) electrons. The first-order valence-corrected chi connectivity index (χ1v) is 9.96. The van der Waals surface area contributed by atoms with Gasteiger partial charge < -0.3 is 14.3 Å². The van der Waals surface area contributed by atoms with Crippen LogP contribution in [-0.2, 0) is 4.84 Å². The van der Waals surface area contributed by atoms with Crippen LogP contribution in [0.5, 0.6) is 11.5 Å². The highest BCUT2D eigenvalue weighted by atomic mass is 79.9. The fraction of sp³-hybridized carbons (Fsp3) is 0.526. The number of hydrogen-bond donors (Lipinski definition) is 0. The van der Waals surface area contributed by atoms with Gasteiger partial charge in [0.1, 0.15) is 19.0 Å². The largest absolute Gasteiger partial charge is 0.491 e. The monoisotopic (exact) mass is 467 g/mol. The highest BCUT2D eigenvalue weighted by molar-refractivity contribution is 9.10. The molecule has 0 unspecified atom stereocenters. The molecule has 1 aromatic carbocycles. The van der Waals surface area contributed by atoms with E-state index < -0.39 is 6.08 Å². The molecule has 1 aromatic rings.